The summed E-state index contributed by atoms with van der Waals surface area (Å²) in [5, 5.41) is 0. The summed E-state index contributed by atoms with van der Waals surface area (Å²) in [5.41, 5.74) is 0. The molecule has 1 atom stereocenters. The minimum Gasteiger partial charge on any atom is -0.466 e. The summed E-state index contributed by atoms with van der Waals surface area (Å²) < 4.78 is 16.7. The predicted octanol–water partition coefficient (Wildman–Crippen LogP) is 16.5. The van der Waals surface area contributed by atoms with Crippen LogP contribution in [0.15, 0.2) is 12.2 Å². The van der Waals surface area contributed by atoms with Gasteiger partial charge in [0.2, 0.25) is 0 Å². The Hall–Kier alpha value is -1.85. The van der Waals surface area contributed by atoms with E-state index in [4.69, 9.17) is 14.2 Å². The molecule has 0 aromatic carbocycles. The van der Waals surface area contributed by atoms with E-state index in [0.717, 1.165) is 83.5 Å². The summed E-state index contributed by atoms with van der Waals surface area (Å²) in [6.45, 7) is 8.20. The summed E-state index contributed by atoms with van der Waals surface area (Å²) in [7, 11) is 0. The molecule has 6 heteroatoms. The molecule has 0 heterocycles. The molecular weight excluding hydrogens is 721 g/mol. The highest BCUT2D eigenvalue weighted by atomic mass is 16.5. The van der Waals surface area contributed by atoms with Crippen molar-refractivity contribution in [2.45, 2.75) is 278 Å². The maximum atomic E-state index is 12.6. The zero-order chi connectivity index (χ0) is 42.3. The highest BCUT2D eigenvalue weighted by Crippen LogP contribution is 2.23. The molecule has 0 aliphatic rings. The molecule has 0 N–H and O–H groups in total. The lowest BCUT2D eigenvalue weighted by molar-refractivity contribution is -0.145. The smallest absolute Gasteiger partial charge is 0.305 e. The summed E-state index contributed by atoms with van der Waals surface area (Å²) in [5.74, 6) is 0.0175. The number of rotatable bonds is 47. The Morgan fingerprint density at radius 3 is 1.05 bits per heavy atom. The second-order valence-corrected chi connectivity index (χ2v) is 17.5. The number of carbonyl (C=O) groups excluding carboxylic acids is 3. The number of hydrogen-bond donors (Lipinski definition) is 0. The van der Waals surface area contributed by atoms with Crippen LogP contribution in [0.2, 0.25) is 0 Å². The summed E-state index contributed by atoms with van der Waals surface area (Å²) in [6.07, 6.45) is 50.0. The van der Waals surface area contributed by atoms with Crippen LogP contribution in [-0.2, 0) is 28.6 Å². The van der Waals surface area contributed by atoms with Crippen LogP contribution in [0.3, 0.4) is 0 Å². The number of unbranched alkanes of at least 4 members (excludes halogenated alkanes) is 30. The predicted molar refractivity (Wildman–Crippen MR) is 247 cm³/mol. The average Bonchev–Trinajstić information content (AvgIpc) is 3.22. The number of esters is 3. The van der Waals surface area contributed by atoms with Gasteiger partial charge in [0.05, 0.1) is 19.8 Å². The third-order valence-electron chi connectivity index (χ3n) is 11.8. The molecule has 0 amide bonds. The highest BCUT2D eigenvalue weighted by Gasteiger charge is 2.15. The Labute approximate surface area is 360 Å². The van der Waals surface area contributed by atoms with Gasteiger partial charge >= 0.3 is 17.9 Å². The number of ether oxygens (including phenoxy) is 3. The molecule has 6 nitrogen and oxygen atoms in total. The number of allylic oxidation sites excluding steroid dienone is 2. The standard InChI is InChI=1S/C52H98O6/c1-4-7-10-13-16-19-22-23-26-29-34-39-48-58-52(55)45-43-49(42-44-51(54)57-47-38-33-28-25-21-18-15-12-9-6-3)40-35-30-31-36-41-50(53)56-46-37-32-27-24-20-17-14-11-8-5-2/h4,7,49H,5-6,8-48H2,1-3H3/b7-4+. The molecular formula is C52H98O6. The van der Waals surface area contributed by atoms with Gasteiger partial charge in [0.1, 0.15) is 0 Å². The van der Waals surface area contributed by atoms with E-state index in [1.54, 1.807) is 0 Å². The largest absolute Gasteiger partial charge is 0.466 e. The van der Waals surface area contributed by atoms with E-state index >= 15 is 0 Å². The lowest BCUT2D eigenvalue weighted by atomic mass is 9.91. The lowest BCUT2D eigenvalue weighted by Gasteiger charge is -2.16. The van der Waals surface area contributed by atoms with E-state index in [2.05, 4.69) is 32.9 Å². The van der Waals surface area contributed by atoms with E-state index in [-0.39, 0.29) is 17.9 Å². The lowest BCUT2D eigenvalue weighted by Crippen LogP contribution is -2.12. The Balaban J connectivity index is 4.26. The van der Waals surface area contributed by atoms with Crippen molar-refractivity contribution in [3.05, 3.63) is 12.2 Å². The number of hydrogen-bond acceptors (Lipinski definition) is 6. The van der Waals surface area contributed by atoms with Crippen LogP contribution in [0.25, 0.3) is 0 Å². The molecule has 342 valence electrons. The zero-order valence-corrected chi connectivity index (χ0v) is 39.1. The molecule has 58 heavy (non-hydrogen) atoms. The van der Waals surface area contributed by atoms with Crippen LogP contribution >= 0.6 is 0 Å². The van der Waals surface area contributed by atoms with E-state index in [1.165, 1.54) is 154 Å². The van der Waals surface area contributed by atoms with Crippen LogP contribution in [0.1, 0.15) is 278 Å². The molecule has 0 rings (SSSR count). The van der Waals surface area contributed by atoms with Crippen molar-refractivity contribution in [3.63, 3.8) is 0 Å². The highest BCUT2D eigenvalue weighted by molar-refractivity contribution is 5.70. The van der Waals surface area contributed by atoms with Gasteiger partial charge < -0.3 is 14.2 Å². The number of carbonyl (C=O) groups is 3. The minimum absolute atomic E-state index is 0.0645. The molecule has 0 aromatic rings. The molecule has 0 spiro atoms. The monoisotopic (exact) mass is 819 g/mol. The third kappa shape index (κ3) is 45.2. The van der Waals surface area contributed by atoms with Gasteiger partial charge in [-0.1, -0.05) is 212 Å². The second-order valence-electron chi connectivity index (χ2n) is 17.5. The average molecular weight is 819 g/mol. The van der Waals surface area contributed by atoms with Crippen molar-refractivity contribution >= 4 is 17.9 Å². The Morgan fingerprint density at radius 2 is 0.672 bits per heavy atom. The van der Waals surface area contributed by atoms with Gasteiger partial charge in [0, 0.05) is 19.3 Å². The van der Waals surface area contributed by atoms with E-state index < -0.39 is 0 Å². The maximum Gasteiger partial charge on any atom is 0.305 e. The fourth-order valence-corrected chi connectivity index (χ4v) is 7.85. The maximum absolute atomic E-state index is 12.6. The van der Waals surface area contributed by atoms with Gasteiger partial charge in [0.15, 0.2) is 0 Å². The molecule has 0 saturated carbocycles. The Kier molecular flexibility index (Phi) is 46.3. The van der Waals surface area contributed by atoms with Gasteiger partial charge in [0.25, 0.3) is 0 Å². The fourth-order valence-electron chi connectivity index (χ4n) is 7.85. The van der Waals surface area contributed by atoms with Gasteiger partial charge in [-0.05, 0) is 64.2 Å². The SMILES string of the molecule is C/C=C/CCCCCCCCCCCOC(=O)CCC(CCCCCCC(=O)OCCCCCCCCCCCC)CCC(=O)OCCCCCCCCCCCC. The third-order valence-corrected chi connectivity index (χ3v) is 11.8. The van der Waals surface area contributed by atoms with Gasteiger partial charge in [-0.25, -0.2) is 0 Å². The Morgan fingerprint density at radius 1 is 0.362 bits per heavy atom. The van der Waals surface area contributed by atoms with Crippen molar-refractivity contribution in [3.8, 4) is 0 Å². The summed E-state index contributed by atoms with van der Waals surface area (Å²) >= 11 is 0. The topological polar surface area (TPSA) is 78.9 Å². The van der Waals surface area contributed by atoms with E-state index in [1.807, 2.05) is 0 Å². The molecule has 0 fully saturated rings. The molecule has 0 aliphatic carbocycles. The zero-order valence-electron chi connectivity index (χ0n) is 39.1. The molecule has 0 saturated heterocycles. The van der Waals surface area contributed by atoms with Crippen molar-refractivity contribution in [2.75, 3.05) is 19.8 Å². The molecule has 1 unspecified atom stereocenters. The first-order valence-electron chi connectivity index (χ1n) is 25.6. The fraction of sp³-hybridized carbons (Fsp3) is 0.904. The summed E-state index contributed by atoms with van der Waals surface area (Å²) in [4.78, 5) is 37.5. The second kappa shape index (κ2) is 47.8. The van der Waals surface area contributed by atoms with Crippen LogP contribution < -0.4 is 0 Å². The van der Waals surface area contributed by atoms with Crippen molar-refractivity contribution in [1.29, 1.82) is 0 Å². The minimum atomic E-state index is -0.109. The van der Waals surface area contributed by atoms with E-state index in [0.29, 0.717) is 45.0 Å². The molecule has 0 aromatic heterocycles. The molecule has 0 radical (unpaired) electrons. The van der Waals surface area contributed by atoms with Crippen LogP contribution in [0.4, 0.5) is 0 Å². The van der Waals surface area contributed by atoms with Crippen LogP contribution in [0, 0.1) is 5.92 Å². The van der Waals surface area contributed by atoms with Crippen LogP contribution in [-0.4, -0.2) is 37.7 Å². The van der Waals surface area contributed by atoms with Gasteiger partial charge in [-0.2, -0.15) is 0 Å². The van der Waals surface area contributed by atoms with E-state index in [9.17, 15) is 14.4 Å². The first kappa shape index (κ1) is 56.1. The summed E-state index contributed by atoms with van der Waals surface area (Å²) in [6, 6.07) is 0. The molecule has 0 aliphatic heterocycles. The van der Waals surface area contributed by atoms with Crippen molar-refractivity contribution in [1.82, 2.24) is 0 Å². The van der Waals surface area contributed by atoms with Crippen molar-refractivity contribution < 1.29 is 28.6 Å². The van der Waals surface area contributed by atoms with Gasteiger partial charge in [-0.15, -0.1) is 0 Å². The molecule has 0 bridgehead atoms. The van der Waals surface area contributed by atoms with Gasteiger partial charge in [-0.3, -0.25) is 14.4 Å². The Bertz CT molecular complexity index is 900. The normalized spacial score (nSPS) is 12.0. The first-order chi connectivity index (χ1) is 28.5. The quantitative estimate of drug-likeness (QED) is 0.0263. The first-order valence-corrected chi connectivity index (χ1v) is 25.6. The van der Waals surface area contributed by atoms with Crippen LogP contribution in [0.5, 0.6) is 0 Å². The van der Waals surface area contributed by atoms with Crippen molar-refractivity contribution in [2.24, 2.45) is 5.92 Å².